The lowest BCUT2D eigenvalue weighted by molar-refractivity contribution is -0.137. The molecule has 12 heteroatoms. The number of carbonyl (C=O) groups excluding carboxylic acids is 2. The number of anilines is 1. The average molecular weight is 541 g/mol. The van der Waals surface area contributed by atoms with Gasteiger partial charge in [-0.3, -0.25) is 14.7 Å². The van der Waals surface area contributed by atoms with Crippen molar-refractivity contribution >= 4 is 17.8 Å². The summed E-state index contributed by atoms with van der Waals surface area (Å²) in [4.78, 5) is 47.2. The number of carbonyl (C=O) groups is 2. The molecule has 0 unspecified atom stereocenters. The Morgan fingerprint density at radius 1 is 1.15 bits per heavy atom. The summed E-state index contributed by atoms with van der Waals surface area (Å²) < 4.78 is 16.1. The van der Waals surface area contributed by atoms with Crippen LogP contribution in [0.25, 0.3) is 5.69 Å². The van der Waals surface area contributed by atoms with Crippen LogP contribution < -0.4 is 22.5 Å². The number of amides is 3. The van der Waals surface area contributed by atoms with Crippen molar-refractivity contribution in [1.29, 1.82) is 0 Å². The Kier molecular flexibility index (Phi) is 7.21. The summed E-state index contributed by atoms with van der Waals surface area (Å²) in [5, 5.41) is 2.63. The second-order valence-electron chi connectivity index (χ2n) is 11.8. The molecule has 5 N–H and O–H groups in total. The summed E-state index contributed by atoms with van der Waals surface area (Å²) >= 11 is 0. The van der Waals surface area contributed by atoms with Crippen LogP contribution in [-0.4, -0.2) is 93.1 Å². The Morgan fingerprint density at radius 3 is 2.46 bits per heavy atom. The zero-order chi connectivity index (χ0) is 27.9. The lowest BCUT2D eigenvalue weighted by Gasteiger charge is -2.54. The maximum Gasteiger partial charge on any atom is 0.354 e. The van der Waals surface area contributed by atoms with Gasteiger partial charge < -0.3 is 26.2 Å². The molecule has 1 saturated carbocycles. The standard InChI is InChI=1S/C27H37FN8O3/c1-26(2,29)23(37)34-9-11-35(12-10-34)24(38)31-22-6-8-36(25(39)32-22)20-4-3-19(21(28)13-20)5-7-33-16-18-14-27(30,15-18)17-33/h3-4,6,8,13,18H,5,7,9-12,14-17,29-30H2,1-2H3,(H,31,32,38,39). The first-order valence-electron chi connectivity index (χ1n) is 13.4. The number of nitrogens with two attached hydrogens (primary N) is 2. The Balaban J connectivity index is 1.16. The molecule has 0 atom stereocenters. The van der Waals surface area contributed by atoms with Crippen molar-refractivity contribution in [2.24, 2.45) is 17.4 Å². The smallest absolute Gasteiger partial charge is 0.338 e. The van der Waals surface area contributed by atoms with Crippen molar-refractivity contribution in [3.63, 3.8) is 0 Å². The van der Waals surface area contributed by atoms with Crippen molar-refractivity contribution in [1.82, 2.24) is 24.3 Å². The van der Waals surface area contributed by atoms with E-state index in [1.165, 1.54) is 22.9 Å². The van der Waals surface area contributed by atoms with Crippen LogP contribution in [-0.2, 0) is 11.2 Å². The quantitative estimate of drug-likeness (QED) is 0.491. The maximum absolute atomic E-state index is 14.9. The van der Waals surface area contributed by atoms with Gasteiger partial charge >= 0.3 is 11.7 Å². The first kappa shape index (κ1) is 27.2. The zero-order valence-corrected chi connectivity index (χ0v) is 22.5. The van der Waals surface area contributed by atoms with Gasteiger partial charge in [0.25, 0.3) is 0 Å². The molecule has 3 saturated heterocycles. The van der Waals surface area contributed by atoms with Crippen LogP contribution in [0.5, 0.6) is 0 Å². The monoisotopic (exact) mass is 540 g/mol. The SMILES string of the molecule is CC(C)(N)C(=O)N1CCN(C(=O)Nc2ccn(-c3ccc(CCN4CC5CC(N)(C5)C4)c(F)c3)c(=O)n2)CC1. The molecule has 4 fully saturated rings. The van der Waals surface area contributed by atoms with Gasteiger partial charge in [0, 0.05) is 57.5 Å². The van der Waals surface area contributed by atoms with E-state index >= 15 is 0 Å². The number of halogens is 1. The minimum atomic E-state index is -0.969. The minimum absolute atomic E-state index is 0.0670. The van der Waals surface area contributed by atoms with Crippen molar-refractivity contribution in [2.45, 2.75) is 44.2 Å². The van der Waals surface area contributed by atoms with Crippen molar-refractivity contribution < 1.29 is 14.0 Å². The van der Waals surface area contributed by atoms with E-state index in [0.29, 0.717) is 49.8 Å². The third-order valence-corrected chi connectivity index (χ3v) is 7.90. The molecule has 1 aliphatic carbocycles. The minimum Gasteiger partial charge on any atom is -0.338 e. The van der Waals surface area contributed by atoms with Gasteiger partial charge in [-0.25, -0.2) is 14.0 Å². The molecular weight excluding hydrogens is 503 g/mol. The van der Waals surface area contributed by atoms with Gasteiger partial charge in [-0.15, -0.1) is 0 Å². The summed E-state index contributed by atoms with van der Waals surface area (Å²) in [5.74, 6) is 0.210. The van der Waals surface area contributed by atoms with E-state index in [0.717, 1.165) is 32.5 Å². The van der Waals surface area contributed by atoms with Crippen LogP contribution in [0, 0.1) is 11.7 Å². The highest BCUT2D eigenvalue weighted by Crippen LogP contribution is 2.41. The summed E-state index contributed by atoms with van der Waals surface area (Å²) in [6.45, 7) is 7.34. The number of piperidine rings is 2. The van der Waals surface area contributed by atoms with Gasteiger partial charge in [0.1, 0.15) is 11.6 Å². The summed E-state index contributed by atoms with van der Waals surface area (Å²) in [6, 6.07) is 5.80. The van der Waals surface area contributed by atoms with Crippen LogP contribution in [0.2, 0.25) is 0 Å². The third kappa shape index (κ3) is 5.97. The van der Waals surface area contributed by atoms with E-state index in [1.807, 2.05) is 0 Å². The molecule has 1 aromatic carbocycles. The fraction of sp³-hybridized carbons (Fsp3) is 0.556. The fourth-order valence-electron chi connectivity index (χ4n) is 5.94. The van der Waals surface area contributed by atoms with E-state index < -0.39 is 17.3 Å². The highest BCUT2D eigenvalue weighted by molar-refractivity contribution is 5.89. The molecule has 3 aliphatic heterocycles. The number of nitrogens with one attached hydrogen (secondary N) is 1. The van der Waals surface area contributed by atoms with Crippen LogP contribution in [0.4, 0.5) is 15.0 Å². The Hall–Kier alpha value is -3.35. The molecule has 1 aromatic heterocycles. The zero-order valence-electron chi connectivity index (χ0n) is 22.5. The summed E-state index contributed by atoms with van der Waals surface area (Å²) in [7, 11) is 0. The highest BCUT2D eigenvalue weighted by Gasteiger charge is 2.46. The normalized spacial score (nSPS) is 23.4. The first-order valence-corrected chi connectivity index (χ1v) is 13.4. The molecule has 6 rings (SSSR count). The van der Waals surface area contributed by atoms with Crippen LogP contribution in [0.15, 0.2) is 35.3 Å². The second-order valence-corrected chi connectivity index (χ2v) is 11.8. The van der Waals surface area contributed by atoms with Gasteiger partial charge in [0.15, 0.2) is 0 Å². The van der Waals surface area contributed by atoms with E-state index in [-0.39, 0.29) is 23.1 Å². The fourth-order valence-corrected chi connectivity index (χ4v) is 5.94. The molecule has 2 aromatic rings. The van der Waals surface area contributed by atoms with E-state index in [9.17, 15) is 18.8 Å². The molecule has 2 bridgehead atoms. The highest BCUT2D eigenvalue weighted by atomic mass is 19.1. The van der Waals surface area contributed by atoms with Gasteiger partial charge in [-0.05, 0) is 62.8 Å². The average Bonchev–Trinajstić information content (AvgIpc) is 2.86. The summed E-state index contributed by atoms with van der Waals surface area (Å²) in [6.07, 6.45) is 4.20. The number of hydrogen-bond acceptors (Lipinski definition) is 7. The van der Waals surface area contributed by atoms with Gasteiger partial charge in [0.2, 0.25) is 5.91 Å². The number of urea groups is 1. The molecule has 11 nitrogen and oxygen atoms in total. The Morgan fingerprint density at radius 2 is 1.85 bits per heavy atom. The number of piperazine rings is 1. The molecule has 4 heterocycles. The number of rotatable bonds is 6. The number of aromatic nitrogens is 2. The number of nitrogens with zero attached hydrogens (tertiary/aromatic N) is 5. The Labute approximate surface area is 226 Å². The van der Waals surface area contributed by atoms with E-state index in [2.05, 4.69) is 15.2 Å². The van der Waals surface area contributed by atoms with Crippen molar-refractivity contribution in [3.8, 4) is 5.69 Å². The number of hydrogen-bond donors (Lipinski definition) is 3. The number of benzene rings is 1. The largest absolute Gasteiger partial charge is 0.354 e. The van der Waals surface area contributed by atoms with Crippen LogP contribution in [0.1, 0.15) is 32.3 Å². The molecule has 210 valence electrons. The predicted octanol–water partition coefficient (Wildman–Crippen LogP) is 0.751. The van der Waals surface area contributed by atoms with Crippen LogP contribution in [0.3, 0.4) is 0 Å². The van der Waals surface area contributed by atoms with Gasteiger partial charge in [-0.1, -0.05) is 6.07 Å². The number of fused-ring (bicyclic) bond motifs is 2. The molecule has 0 radical (unpaired) electrons. The predicted molar refractivity (Wildman–Crippen MR) is 145 cm³/mol. The van der Waals surface area contributed by atoms with E-state index in [1.54, 1.807) is 35.8 Å². The van der Waals surface area contributed by atoms with Crippen LogP contribution >= 0.6 is 0 Å². The molecule has 39 heavy (non-hydrogen) atoms. The van der Waals surface area contributed by atoms with E-state index in [4.69, 9.17) is 11.5 Å². The first-order chi connectivity index (χ1) is 18.4. The second kappa shape index (κ2) is 10.3. The molecule has 3 amide bonds. The van der Waals surface area contributed by atoms with Crippen molar-refractivity contribution in [2.75, 3.05) is 51.1 Å². The van der Waals surface area contributed by atoms with Gasteiger partial charge in [-0.2, -0.15) is 4.98 Å². The molecular formula is C27H37FN8O3. The topological polar surface area (TPSA) is 143 Å². The molecule has 4 aliphatic rings. The lowest BCUT2D eigenvalue weighted by atomic mass is 9.65. The maximum atomic E-state index is 14.9. The Bertz CT molecular complexity index is 1310. The van der Waals surface area contributed by atoms with Crippen molar-refractivity contribution in [3.05, 3.63) is 52.3 Å². The summed E-state index contributed by atoms with van der Waals surface area (Å²) in [5.41, 5.74) is 11.5. The lowest BCUT2D eigenvalue weighted by Crippen LogP contribution is -2.66. The third-order valence-electron chi connectivity index (χ3n) is 7.90. The molecule has 0 spiro atoms. The van der Waals surface area contributed by atoms with Gasteiger partial charge in [0.05, 0.1) is 11.2 Å².